The van der Waals surface area contributed by atoms with Crippen molar-refractivity contribution in [2.24, 2.45) is 0 Å². The van der Waals surface area contributed by atoms with Crippen LogP contribution in [0.25, 0.3) is 0 Å². The smallest absolute Gasteiger partial charge is 0.285 e. The fourth-order valence-corrected chi connectivity index (χ4v) is 1.31. The molecule has 0 aromatic carbocycles. The van der Waals surface area contributed by atoms with Crippen molar-refractivity contribution >= 4 is 5.69 Å². The van der Waals surface area contributed by atoms with E-state index in [4.69, 9.17) is 5.11 Å². The van der Waals surface area contributed by atoms with E-state index in [1.807, 2.05) is 0 Å². The van der Waals surface area contributed by atoms with E-state index in [2.05, 4.69) is 4.98 Å². The van der Waals surface area contributed by atoms with Crippen LogP contribution >= 0.6 is 0 Å². The summed E-state index contributed by atoms with van der Waals surface area (Å²) >= 11 is 0. The van der Waals surface area contributed by atoms with E-state index in [0.29, 0.717) is 0 Å². The fourth-order valence-electron chi connectivity index (χ4n) is 1.31. The van der Waals surface area contributed by atoms with E-state index in [1.165, 1.54) is 0 Å². The van der Waals surface area contributed by atoms with Gasteiger partial charge in [-0.2, -0.15) is 0 Å². The Morgan fingerprint density at radius 3 is 2.65 bits per heavy atom. The molecule has 0 amide bonds. The number of aliphatic hydroxyl groups excluding tert-OH is 3. The van der Waals surface area contributed by atoms with Crippen molar-refractivity contribution in [2.45, 2.75) is 18.6 Å². The van der Waals surface area contributed by atoms with Crippen molar-refractivity contribution in [3.05, 3.63) is 38.3 Å². The van der Waals surface area contributed by atoms with Gasteiger partial charge in [-0.3, -0.25) is 14.9 Å². The van der Waals surface area contributed by atoms with E-state index >= 15 is 0 Å². The van der Waals surface area contributed by atoms with Crippen molar-refractivity contribution in [3.8, 4) is 0 Å². The highest BCUT2D eigenvalue weighted by molar-refractivity contribution is 5.31. The molecule has 17 heavy (non-hydrogen) atoms. The fraction of sp³-hybridized carbons (Fsp3) is 0.444. The molecule has 1 heterocycles. The zero-order valence-corrected chi connectivity index (χ0v) is 8.74. The number of rotatable bonds is 5. The zero-order valence-electron chi connectivity index (χ0n) is 8.74. The molecule has 0 fully saturated rings. The molecule has 0 saturated carbocycles. The summed E-state index contributed by atoms with van der Waals surface area (Å²) in [6, 6.07) is 0.893. The molecule has 8 heteroatoms. The largest absolute Gasteiger partial charge is 0.396 e. The first-order chi connectivity index (χ1) is 7.97. The van der Waals surface area contributed by atoms with Crippen molar-refractivity contribution < 1.29 is 20.2 Å². The number of nitrogens with zero attached hydrogens (tertiary/aromatic N) is 1. The third-order valence-electron chi connectivity index (χ3n) is 2.24. The van der Waals surface area contributed by atoms with Crippen LogP contribution in [0.2, 0.25) is 0 Å². The molecule has 0 spiro atoms. The Kier molecular flexibility index (Phi) is 4.32. The predicted octanol–water partition coefficient (Wildman–Crippen LogP) is -0.940. The first kappa shape index (κ1) is 13.3. The van der Waals surface area contributed by atoms with E-state index < -0.39 is 28.4 Å². The van der Waals surface area contributed by atoms with E-state index in [1.54, 1.807) is 0 Å². The lowest BCUT2D eigenvalue weighted by Crippen LogP contribution is -2.26. The van der Waals surface area contributed by atoms with E-state index in [9.17, 15) is 25.1 Å². The third-order valence-corrected chi connectivity index (χ3v) is 2.24. The molecule has 1 aromatic rings. The van der Waals surface area contributed by atoms with Gasteiger partial charge in [0.1, 0.15) is 6.10 Å². The topological polar surface area (TPSA) is 137 Å². The van der Waals surface area contributed by atoms with Crippen LogP contribution in [-0.2, 0) is 0 Å². The normalized spacial score (nSPS) is 14.3. The molecule has 0 saturated heterocycles. The second-order valence-electron chi connectivity index (χ2n) is 3.42. The third kappa shape index (κ3) is 3.09. The summed E-state index contributed by atoms with van der Waals surface area (Å²) < 4.78 is 0. The molecule has 0 aliphatic heterocycles. The van der Waals surface area contributed by atoms with Crippen LogP contribution in [0.1, 0.15) is 18.1 Å². The van der Waals surface area contributed by atoms with Crippen LogP contribution in [0.5, 0.6) is 0 Å². The highest BCUT2D eigenvalue weighted by Crippen LogP contribution is 2.18. The summed E-state index contributed by atoms with van der Waals surface area (Å²) in [5.74, 6) is 0. The first-order valence-electron chi connectivity index (χ1n) is 4.81. The van der Waals surface area contributed by atoms with Gasteiger partial charge in [-0.1, -0.05) is 0 Å². The number of aromatic nitrogens is 1. The van der Waals surface area contributed by atoms with Crippen molar-refractivity contribution in [2.75, 3.05) is 6.61 Å². The number of hydrogen-bond acceptors (Lipinski definition) is 6. The lowest BCUT2D eigenvalue weighted by atomic mass is 10.0. The summed E-state index contributed by atoms with van der Waals surface area (Å²) in [6.45, 7) is -0.370. The van der Waals surface area contributed by atoms with Crippen molar-refractivity contribution in [3.63, 3.8) is 0 Å². The minimum absolute atomic E-state index is 0.136. The van der Waals surface area contributed by atoms with Gasteiger partial charge in [0.25, 0.3) is 11.2 Å². The minimum atomic E-state index is -1.58. The quantitative estimate of drug-likeness (QED) is 0.389. The highest BCUT2D eigenvalue weighted by atomic mass is 16.6. The molecule has 1 aromatic heterocycles. The molecule has 1 rings (SSSR count). The molecular formula is C9H12N2O6. The summed E-state index contributed by atoms with van der Waals surface area (Å²) in [4.78, 5) is 23.2. The van der Waals surface area contributed by atoms with Gasteiger partial charge in [-0.15, -0.1) is 0 Å². The van der Waals surface area contributed by atoms with Crippen LogP contribution in [0.4, 0.5) is 5.69 Å². The molecule has 8 nitrogen and oxygen atoms in total. The lowest BCUT2D eigenvalue weighted by molar-refractivity contribution is -0.385. The molecule has 2 atom stereocenters. The van der Waals surface area contributed by atoms with Crippen molar-refractivity contribution in [1.82, 2.24) is 4.98 Å². The Labute approximate surface area is 95.3 Å². The number of nitrogens with one attached hydrogen (secondary N) is 1. The van der Waals surface area contributed by atoms with Gasteiger partial charge in [-0.05, 0) is 6.42 Å². The molecule has 0 bridgehead atoms. The Morgan fingerprint density at radius 2 is 2.12 bits per heavy atom. The maximum atomic E-state index is 11.3. The number of pyridine rings is 1. The lowest BCUT2D eigenvalue weighted by Gasteiger charge is -2.15. The van der Waals surface area contributed by atoms with Gasteiger partial charge < -0.3 is 20.3 Å². The Bertz CT molecular complexity index is 457. The van der Waals surface area contributed by atoms with Gasteiger partial charge in [-0.25, -0.2) is 0 Å². The molecule has 2 unspecified atom stereocenters. The van der Waals surface area contributed by atoms with Crippen molar-refractivity contribution in [1.29, 1.82) is 0 Å². The SMILES string of the molecule is O=c1[nH]cc([N+](=O)[O-])cc1C(O)C(O)CCO. The first-order valence-corrected chi connectivity index (χ1v) is 4.81. The maximum absolute atomic E-state index is 11.3. The number of nitro groups is 1. The zero-order chi connectivity index (χ0) is 13.0. The molecule has 4 N–H and O–H groups in total. The molecule has 0 aliphatic rings. The standard InChI is InChI=1S/C9H12N2O6/c12-2-1-7(13)8(14)6-3-5(11(16)17)4-10-9(6)15/h3-4,7-8,12-14H,1-2H2,(H,10,15). The Balaban J connectivity index is 3.07. The van der Waals surface area contributed by atoms with Crippen LogP contribution in [0.3, 0.4) is 0 Å². The van der Waals surface area contributed by atoms with Crippen LogP contribution in [0.15, 0.2) is 17.1 Å². The summed E-state index contributed by atoms with van der Waals surface area (Å²) in [5, 5.41) is 38.1. The number of hydrogen-bond donors (Lipinski definition) is 4. The van der Waals surface area contributed by atoms with Crippen LogP contribution < -0.4 is 5.56 Å². The van der Waals surface area contributed by atoms with Gasteiger partial charge >= 0.3 is 0 Å². The Morgan fingerprint density at radius 1 is 1.47 bits per heavy atom. The van der Waals surface area contributed by atoms with E-state index in [-0.39, 0.29) is 18.6 Å². The van der Waals surface area contributed by atoms with Crippen LogP contribution in [0, 0.1) is 10.1 Å². The highest BCUT2D eigenvalue weighted by Gasteiger charge is 2.23. The average Bonchev–Trinajstić information content (AvgIpc) is 2.28. The average molecular weight is 244 g/mol. The molecule has 94 valence electrons. The predicted molar refractivity (Wildman–Crippen MR) is 56.4 cm³/mol. The molecular weight excluding hydrogens is 232 g/mol. The summed E-state index contributed by atoms with van der Waals surface area (Å²) in [5.41, 5.74) is -1.42. The van der Waals surface area contributed by atoms with Gasteiger partial charge in [0.2, 0.25) is 0 Å². The second-order valence-corrected chi connectivity index (χ2v) is 3.42. The maximum Gasteiger partial charge on any atom is 0.285 e. The van der Waals surface area contributed by atoms with E-state index in [0.717, 1.165) is 12.3 Å². The van der Waals surface area contributed by atoms with Gasteiger partial charge in [0.05, 0.1) is 22.8 Å². The summed E-state index contributed by atoms with van der Waals surface area (Å²) in [6.07, 6.45) is -2.17. The van der Waals surface area contributed by atoms with Crippen LogP contribution in [-0.4, -0.2) is 37.9 Å². The Hall–Kier alpha value is -1.77. The van der Waals surface area contributed by atoms with Gasteiger partial charge in [0.15, 0.2) is 0 Å². The molecule has 0 radical (unpaired) electrons. The number of H-pyrrole nitrogens is 1. The monoisotopic (exact) mass is 244 g/mol. The number of aliphatic hydroxyl groups is 3. The minimum Gasteiger partial charge on any atom is -0.396 e. The second kappa shape index (κ2) is 5.53. The molecule has 0 aliphatic carbocycles. The number of aromatic amines is 1. The van der Waals surface area contributed by atoms with Gasteiger partial charge in [0, 0.05) is 12.7 Å². The summed E-state index contributed by atoms with van der Waals surface area (Å²) in [7, 11) is 0.